The summed E-state index contributed by atoms with van der Waals surface area (Å²) in [6.07, 6.45) is 5.41. The molecule has 80 valence electrons. The molecule has 0 aliphatic heterocycles. The van der Waals surface area contributed by atoms with Crippen molar-refractivity contribution in [1.29, 1.82) is 0 Å². The van der Waals surface area contributed by atoms with Crippen molar-refractivity contribution in [3.05, 3.63) is 11.9 Å². The van der Waals surface area contributed by atoms with Gasteiger partial charge in [-0.05, 0) is 19.6 Å². The van der Waals surface area contributed by atoms with Crippen LogP contribution in [0, 0.1) is 6.92 Å². The van der Waals surface area contributed by atoms with Crippen LogP contribution in [0.3, 0.4) is 0 Å². The molecule has 1 aromatic heterocycles. The lowest BCUT2D eigenvalue weighted by atomic mass is 10.2. The zero-order valence-corrected chi connectivity index (χ0v) is 10.2. The third-order valence-electron chi connectivity index (χ3n) is 2.30. The zero-order valence-electron chi connectivity index (χ0n) is 9.37. The van der Waals surface area contributed by atoms with Gasteiger partial charge in [-0.25, -0.2) is 4.98 Å². The molecule has 0 saturated heterocycles. The molecule has 4 heteroatoms. The lowest BCUT2D eigenvalue weighted by Crippen LogP contribution is -2.12. The first-order valence-corrected chi connectivity index (χ1v) is 6.34. The lowest BCUT2D eigenvalue weighted by Gasteiger charge is -2.17. The van der Waals surface area contributed by atoms with E-state index in [9.17, 15) is 0 Å². The Labute approximate surface area is 90.3 Å². The molecule has 0 spiro atoms. The van der Waals surface area contributed by atoms with Crippen LogP contribution in [0.15, 0.2) is 6.20 Å². The first-order valence-electron chi connectivity index (χ1n) is 4.95. The van der Waals surface area contributed by atoms with Crippen LogP contribution in [0.4, 0.5) is 5.95 Å². The van der Waals surface area contributed by atoms with Crippen LogP contribution in [0.25, 0.3) is 0 Å². The highest BCUT2D eigenvalue weighted by Crippen LogP contribution is 2.21. The monoisotopic (exact) mass is 213 g/mol. The van der Waals surface area contributed by atoms with E-state index in [0.29, 0.717) is 6.04 Å². The van der Waals surface area contributed by atoms with Gasteiger partial charge in [0.1, 0.15) is 0 Å². The molecular weight excluding hydrogens is 194 g/mol. The molecule has 1 atom stereocenters. The molecule has 0 amide bonds. The predicted molar refractivity (Wildman–Crippen MR) is 64.2 cm³/mol. The predicted octanol–water partition coefficient (Wildman–Crippen LogP) is 2.55. The highest BCUT2D eigenvalue weighted by atomic mass is 32.2. The second-order valence-electron chi connectivity index (χ2n) is 3.38. The minimum atomic E-state index is 0.550. The van der Waals surface area contributed by atoms with Gasteiger partial charge in [0, 0.05) is 25.0 Å². The Bertz CT molecular complexity index is 283. The molecule has 0 fully saturated rings. The number of rotatable bonds is 5. The second-order valence-corrected chi connectivity index (χ2v) is 4.29. The fourth-order valence-electron chi connectivity index (χ4n) is 1.57. The van der Waals surface area contributed by atoms with Gasteiger partial charge in [0.15, 0.2) is 0 Å². The van der Waals surface area contributed by atoms with E-state index in [2.05, 4.69) is 34.2 Å². The van der Waals surface area contributed by atoms with Gasteiger partial charge in [-0.1, -0.05) is 6.92 Å². The molecule has 0 radical (unpaired) electrons. The third-order valence-corrected chi connectivity index (χ3v) is 3.02. The molecule has 1 rings (SSSR count). The summed E-state index contributed by atoms with van der Waals surface area (Å²) in [5.74, 6) is 2.12. The van der Waals surface area contributed by atoms with Crippen LogP contribution in [0.1, 0.15) is 25.1 Å². The van der Waals surface area contributed by atoms with E-state index in [-0.39, 0.29) is 0 Å². The van der Waals surface area contributed by atoms with Crippen molar-refractivity contribution in [2.45, 2.75) is 26.3 Å². The maximum atomic E-state index is 4.42. The van der Waals surface area contributed by atoms with Crippen molar-refractivity contribution in [1.82, 2.24) is 9.55 Å². The summed E-state index contributed by atoms with van der Waals surface area (Å²) in [5.41, 5.74) is 1.08. The summed E-state index contributed by atoms with van der Waals surface area (Å²) in [6.45, 7) is 4.25. The summed E-state index contributed by atoms with van der Waals surface area (Å²) < 4.78 is 2.24. The second kappa shape index (κ2) is 5.29. The molecule has 0 bridgehead atoms. The number of aryl methyl sites for hydroxylation is 1. The molecule has 14 heavy (non-hydrogen) atoms. The molecule has 0 aromatic carbocycles. The van der Waals surface area contributed by atoms with Gasteiger partial charge >= 0.3 is 0 Å². The van der Waals surface area contributed by atoms with Gasteiger partial charge in [0.05, 0.1) is 5.69 Å². The Balaban J connectivity index is 2.89. The fourth-order valence-corrected chi connectivity index (χ4v) is 2.35. The Morgan fingerprint density at radius 1 is 1.64 bits per heavy atom. The molecule has 1 aromatic rings. The summed E-state index contributed by atoms with van der Waals surface area (Å²) in [4.78, 5) is 4.42. The van der Waals surface area contributed by atoms with Crippen molar-refractivity contribution in [3.63, 3.8) is 0 Å². The summed E-state index contributed by atoms with van der Waals surface area (Å²) in [6, 6.07) is 0.550. The van der Waals surface area contributed by atoms with Crippen molar-refractivity contribution < 1.29 is 0 Å². The molecule has 1 N–H and O–H groups in total. The highest BCUT2D eigenvalue weighted by molar-refractivity contribution is 7.98. The fraction of sp³-hybridized carbons (Fsp3) is 0.700. The largest absolute Gasteiger partial charge is 0.359 e. The number of nitrogens with zero attached hydrogens (tertiary/aromatic N) is 2. The smallest absolute Gasteiger partial charge is 0.203 e. The Hall–Kier alpha value is -0.640. The van der Waals surface area contributed by atoms with E-state index in [0.717, 1.165) is 23.8 Å². The molecule has 0 aliphatic carbocycles. The first-order chi connectivity index (χ1) is 6.72. The van der Waals surface area contributed by atoms with Crippen LogP contribution in [-0.4, -0.2) is 28.6 Å². The summed E-state index contributed by atoms with van der Waals surface area (Å²) >= 11 is 1.88. The van der Waals surface area contributed by atoms with E-state index in [4.69, 9.17) is 0 Å². The van der Waals surface area contributed by atoms with Crippen molar-refractivity contribution >= 4 is 17.7 Å². The normalized spacial score (nSPS) is 12.9. The first kappa shape index (κ1) is 11.4. The SMILES string of the molecule is CCC(CSC)n1cc(C)nc1NC. The van der Waals surface area contributed by atoms with Gasteiger partial charge in [-0.3, -0.25) is 0 Å². The van der Waals surface area contributed by atoms with Crippen molar-refractivity contribution in [2.75, 3.05) is 24.4 Å². The summed E-state index contributed by atoms with van der Waals surface area (Å²) in [7, 11) is 1.92. The van der Waals surface area contributed by atoms with Crippen LogP contribution >= 0.6 is 11.8 Å². The lowest BCUT2D eigenvalue weighted by molar-refractivity contribution is 0.545. The number of hydrogen-bond donors (Lipinski definition) is 1. The molecule has 3 nitrogen and oxygen atoms in total. The maximum absolute atomic E-state index is 4.42. The van der Waals surface area contributed by atoms with Crippen molar-refractivity contribution in [3.8, 4) is 0 Å². The van der Waals surface area contributed by atoms with E-state index in [1.165, 1.54) is 0 Å². The van der Waals surface area contributed by atoms with Crippen molar-refractivity contribution in [2.24, 2.45) is 0 Å². The third kappa shape index (κ3) is 2.44. The van der Waals surface area contributed by atoms with Crippen LogP contribution < -0.4 is 5.32 Å². The number of anilines is 1. The average molecular weight is 213 g/mol. The molecule has 0 aliphatic rings. The van der Waals surface area contributed by atoms with E-state index < -0.39 is 0 Å². The number of imidazole rings is 1. The summed E-state index contributed by atoms with van der Waals surface area (Å²) in [5, 5.41) is 3.13. The Morgan fingerprint density at radius 2 is 2.36 bits per heavy atom. The van der Waals surface area contributed by atoms with E-state index >= 15 is 0 Å². The van der Waals surface area contributed by atoms with Gasteiger partial charge in [-0.15, -0.1) is 0 Å². The van der Waals surface area contributed by atoms with Gasteiger partial charge in [-0.2, -0.15) is 11.8 Å². The number of aromatic nitrogens is 2. The minimum absolute atomic E-state index is 0.550. The van der Waals surface area contributed by atoms with Gasteiger partial charge in [0.25, 0.3) is 0 Å². The van der Waals surface area contributed by atoms with E-state index in [1.54, 1.807) is 0 Å². The topological polar surface area (TPSA) is 29.9 Å². The molecule has 1 unspecified atom stereocenters. The minimum Gasteiger partial charge on any atom is -0.359 e. The zero-order chi connectivity index (χ0) is 10.6. The van der Waals surface area contributed by atoms with Crippen LogP contribution in [0.2, 0.25) is 0 Å². The number of hydrogen-bond acceptors (Lipinski definition) is 3. The number of thioether (sulfide) groups is 1. The van der Waals surface area contributed by atoms with Gasteiger partial charge in [0.2, 0.25) is 5.95 Å². The van der Waals surface area contributed by atoms with Crippen LogP contribution in [-0.2, 0) is 0 Å². The maximum Gasteiger partial charge on any atom is 0.203 e. The van der Waals surface area contributed by atoms with Gasteiger partial charge < -0.3 is 9.88 Å². The number of nitrogens with one attached hydrogen (secondary N) is 1. The standard InChI is InChI=1S/C10H19N3S/c1-5-9(7-14-4)13-6-8(2)12-10(13)11-3/h6,9H,5,7H2,1-4H3,(H,11,12). The average Bonchev–Trinajstić information content (AvgIpc) is 2.55. The Morgan fingerprint density at radius 3 is 2.86 bits per heavy atom. The van der Waals surface area contributed by atoms with Crippen LogP contribution in [0.5, 0.6) is 0 Å². The van der Waals surface area contributed by atoms with E-state index in [1.807, 2.05) is 25.7 Å². The molecular formula is C10H19N3S. The molecule has 0 saturated carbocycles. The Kier molecular flexibility index (Phi) is 4.32. The molecule has 1 heterocycles. The highest BCUT2D eigenvalue weighted by Gasteiger charge is 2.12. The quantitative estimate of drug-likeness (QED) is 0.815.